The Kier molecular flexibility index (Phi) is 6.87. The lowest BCUT2D eigenvalue weighted by molar-refractivity contribution is 0.0277. The second-order valence-corrected chi connectivity index (χ2v) is 6.51. The summed E-state index contributed by atoms with van der Waals surface area (Å²) in [5, 5.41) is 10.5. The van der Waals surface area contributed by atoms with E-state index in [-0.39, 0.29) is 24.4 Å². The Hall–Kier alpha value is -2.87. The van der Waals surface area contributed by atoms with Gasteiger partial charge in [-0.3, -0.25) is 4.79 Å². The molecule has 4 rings (SSSR count). The molecule has 3 aromatic rings. The first-order valence-corrected chi connectivity index (χ1v) is 9.15. The molecule has 1 saturated heterocycles. The van der Waals surface area contributed by atoms with Gasteiger partial charge >= 0.3 is 0 Å². The fourth-order valence-corrected chi connectivity index (χ4v) is 3.08. The van der Waals surface area contributed by atoms with E-state index in [2.05, 4.69) is 15.7 Å². The molecular weight excluding hydrogens is 392 g/mol. The molecule has 2 N–H and O–H groups in total. The molecule has 1 unspecified atom stereocenters. The van der Waals surface area contributed by atoms with Crippen molar-refractivity contribution >= 4 is 24.0 Å². The monoisotopic (exact) mass is 414 g/mol. The highest BCUT2D eigenvalue weighted by Crippen LogP contribution is 2.21. The summed E-state index contributed by atoms with van der Waals surface area (Å²) in [5.41, 5.74) is 3.16. The highest BCUT2D eigenvalue weighted by Gasteiger charge is 2.16. The van der Waals surface area contributed by atoms with Gasteiger partial charge in [-0.15, -0.1) is 12.4 Å². The summed E-state index contributed by atoms with van der Waals surface area (Å²) >= 11 is 0. The molecule has 1 aliphatic heterocycles. The molecule has 0 bridgehead atoms. The van der Waals surface area contributed by atoms with Crippen molar-refractivity contribution in [2.75, 3.05) is 32.1 Å². The van der Waals surface area contributed by atoms with Crippen LogP contribution in [0.25, 0.3) is 5.69 Å². The maximum atomic E-state index is 12.5. The van der Waals surface area contributed by atoms with Crippen LogP contribution < -0.4 is 15.4 Å². The molecule has 7 nitrogen and oxygen atoms in total. The number of nitrogens with zero attached hydrogens (tertiary/aromatic N) is 2. The van der Waals surface area contributed by atoms with Gasteiger partial charge in [0.25, 0.3) is 5.91 Å². The lowest BCUT2D eigenvalue weighted by Gasteiger charge is -2.24. The molecule has 0 aliphatic carbocycles. The third kappa shape index (κ3) is 4.95. The van der Waals surface area contributed by atoms with Crippen molar-refractivity contribution in [2.45, 2.75) is 6.10 Å². The highest BCUT2D eigenvalue weighted by atomic mass is 35.5. The Morgan fingerprint density at radius 2 is 1.97 bits per heavy atom. The second-order valence-electron chi connectivity index (χ2n) is 6.51. The van der Waals surface area contributed by atoms with E-state index in [4.69, 9.17) is 9.47 Å². The summed E-state index contributed by atoms with van der Waals surface area (Å²) in [4.78, 5) is 12.5. The molecule has 29 heavy (non-hydrogen) atoms. The first kappa shape index (κ1) is 20.9. The average Bonchev–Trinajstić information content (AvgIpc) is 3.25. The molecule has 152 valence electrons. The summed E-state index contributed by atoms with van der Waals surface area (Å²) in [5.74, 6) is 0.565. The number of ether oxygens (including phenoxy) is 2. The van der Waals surface area contributed by atoms with Crippen LogP contribution in [0.1, 0.15) is 22.0 Å². The fraction of sp³-hybridized carbons (Fsp3) is 0.238. The molecule has 0 saturated carbocycles. The number of morpholine rings is 1. The van der Waals surface area contributed by atoms with E-state index in [0.717, 1.165) is 35.8 Å². The van der Waals surface area contributed by atoms with E-state index >= 15 is 0 Å². The highest BCUT2D eigenvalue weighted by molar-refractivity contribution is 6.04. The zero-order valence-electron chi connectivity index (χ0n) is 16.0. The van der Waals surface area contributed by atoms with Gasteiger partial charge in [0.15, 0.2) is 0 Å². The number of rotatable bonds is 5. The van der Waals surface area contributed by atoms with Gasteiger partial charge in [0, 0.05) is 25.0 Å². The predicted octanol–water partition coefficient (Wildman–Crippen LogP) is 3.22. The Bertz CT molecular complexity index is 935. The molecule has 0 radical (unpaired) electrons. The quantitative estimate of drug-likeness (QED) is 0.670. The van der Waals surface area contributed by atoms with Gasteiger partial charge in [-0.1, -0.05) is 12.1 Å². The van der Waals surface area contributed by atoms with Crippen molar-refractivity contribution in [3.8, 4) is 11.4 Å². The maximum Gasteiger partial charge on any atom is 0.258 e. The van der Waals surface area contributed by atoms with E-state index in [1.165, 1.54) is 0 Å². The molecule has 2 heterocycles. The third-order valence-electron chi connectivity index (χ3n) is 4.65. The maximum absolute atomic E-state index is 12.5. The molecule has 8 heteroatoms. The number of halogens is 1. The molecule has 1 fully saturated rings. The second kappa shape index (κ2) is 9.56. The lowest BCUT2D eigenvalue weighted by Crippen LogP contribution is -2.33. The van der Waals surface area contributed by atoms with Crippen molar-refractivity contribution < 1.29 is 14.3 Å². The number of nitrogens with one attached hydrogen (secondary N) is 2. The van der Waals surface area contributed by atoms with Crippen molar-refractivity contribution in [1.29, 1.82) is 0 Å². The van der Waals surface area contributed by atoms with E-state index < -0.39 is 0 Å². The minimum Gasteiger partial charge on any atom is -0.497 e. The minimum absolute atomic E-state index is 0. The van der Waals surface area contributed by atoms with Gasteiger partial charge in [0.05, 0.1) is 37.3 Å². The normalized spacial score (nSPS) is 16.0. The van der Waals surface area contributed by atoms with Crippen LogP contribution in [0, 0.1) is 0 Å². The molecule has 1 aromatic heterocycles. The van der Waals surface area contributed by atoms with Crippen molar-refractivity contribution in [2.24, 2.45) is 0 Å². The van der Waals surface area contributed by atoms with Gasteiger partial charge in [0.1, 0.15) is 5.75 Å². The van der Waals surface area contributed by atoms with Gasteiger partial charge in [-0.25, -0.2) is 4.68 Å². The molecule has 0 spiro atoms. The summed E-state index contributed by atoms with van der Waals surface area (Å²) in [7, 11) is 1.62. The number of aromatic nitrogens is 2. The van der Waals surface area contributed by atoms with Crippen LogP contribution >= 0.6 is 12.4 Å². The van der Waals surface area contributed by atoms with Gasteiger partial charge in [0.2, 0.25) is 0 Å². The standard InChI is InChI=1S/C21H22N4O3.ClH/c1-27-19-8-6-18(7-9-19)25-14-16(12-23-25)21(26)24-17-4-2-15(3-5-17)20-13-22-10-11-28-20;/h2-9,12,14,20,22H,10-11,13H2,1H3,(H,24,26);1H. The molecular formula is C21H23ClN4O3. The van der Waals surface area contributed by atoms with Crippen LogP contribution in [-0.4, -0.2) is 42.5 Å². The van der Waals surface area contributed by atoms with Crippen molar-refractivity contribution in [1.82, 2.24) is 15.1 Å². The Balaban J connectivity index is 0.00000240. The van der Waals surface area contributed by atoms with E-state index in [1.54, 1.807) is 24.2 Å². The van der Waals surface area contributed by atoms with Gasteiger partial charge < -0.3 is 20.1 Å². The number of hydrogen-bond donors (Lipinski definition) is 2. The molecule has 1 amide bonds. The smallest absolute Gasteiger partial charge is 0.258 e. The fourth-order valence-electron chi connectivity index (χ4n) is 3.08. The summed E-state index contributed by atoms with van der Waals surface area (Å²) in [6.45, 7) is 2.40. The number of anilines is 1. The predicted molar refractivity (Wildman–Crippen MR) is 113 cm³/mol. The van der Waals surface area contributed by atoms with Crippen LogP contribution in [-0.2, 0) is 4.74 Å². The first-order valence-electron chi connectivity index (χ1n) is 9.15. The number of benzene rings is 2. The van der Waals surface area contributed by atoms with E-state index in [1.807, 2.05) is 48.5 Å². The Labute approximate surface area is 175 Å². The number of carbonyl (C=O) groups excluding carboxylic acids is 1. The van der Waals surface area contributed by atoms with Gasteiger partial charge in [-0.2, -0.15) is 5.10 Å². The van der Waals surface area contributed by atoms with Crippen LogP contribution in [0.4, 0.5) is 5.69 Å². The average molecular weight is 415 g/mol. The SMILES string of the molecule is COc1ccc(-n2cc(C(=O)Nc3ccc(C4CNCCO4)cc3)cn2)cc1.Cl. The largest absolute Gasteiger partial charge is 0.497 e. The summed E-state index contributed by atoms with van der Waals surface area (Å²) in [6, 6.07) is 15.2. The van der Waals surface area contributed by atoms with E-state index in [0.29, 0.717) is 12.2 Å². The zero-order valence-corrected chi connectivity index (χ0v) is 16.8. The number of methoxy groups -OCH3 is 1. The van der Waals surface area contributed by atoms with Gasteiger partial charge in [-0.05, 0) is 42.0 Å². The Morgan fingerprint density at radius 1 is 1.21 bits per heavy atom. The van der Waals surface area contributed by atoms with Crippen molar-refractivity contribution in [3.63, 3.8) is 0 Å². The molecule has 1 atom stereocenters. The molecule has 1 aliphatic rings. The first-order chi connectivity index (χ1) is 13.7. The topological polar surface area (TPSA) is 77.4 Å². The molecule has 2 aromatic carbocycles. The van der Waals surface area contributed by atoms with Crippen LogP contribution in [0.3, 0.4) is 0 Å². The zero-order chi connectivity index (χ0) is 19.3. The third-order valence-corrected chi connectivity index (χ3v) is 4.65. The summed E-state index contributed by atoms with van der Waals surface area (Å²) < 4.78 is 12.6. The number of amides is 1. The lowest BCUT2D eigenvalue weighted by atomic mass is 10.1. The van der Waals surface area contributed by atoms with Crippen molar-refractivity contribution in [3.05, 3.63) is 72.1 Å². The van der Waals surface area contributed by atoms with Crippen LogP contribution in [0.5, 0.6) is 5.75 Å². The Morgan fingerprint density at radius 3 is 2.62 bits per heavy atom. The minimum atomic E-state index is -0.205. The number of carbonyl (C=O) groups is 1. The summed E-state index contributed by atoms with van der Waals surface area (Å²) in [6.07, 6.45) is 3.31. The van der Waals surface area contributed by atoms with Crippen LogP contribution in [0.15, 0.2) is 60.9 Å². The van der Waals surface area contributed by atoms with Crippen LogP contribution in [0.2, 0.25) is 0 Å². The van der Waals surface area contributed by atoms with E-state index in [9.17, 15) is 4.79 Å². The number of hydrogen-bond acceptors (Lipinski definition) is 5.